The van der Waals surface area contributed by atoms with E-state index >= 15 is 0 Å². The number of fused-ring (bicyclic) bond motifs is 1. The van der Waals surface area contributed by atoms with Crippen molar-refractivity contribution in [3.63, 3.8) is 0 Å². The van der Waals surface area contributed by atoms with Crippen LogP contribution in [0, 0.1) is 19.3 Å². The zero-order valence-corrected chi connectivity index (χ0v) is 11.1. The number of hydrogen-bond donors (Lipinski definition) is 1. The maximum atomic E-state index is 12.5. The highest BCUT2D eigenvalue weighted by Crippen LogP contribution is 2.29. The summed E-state index contributed by atoms with van der Waals surface area (Å²) in [5.74, 6) is 0.201. The molecule has 0 spiro atoms. The molecule has 2 nitrogen and oxygen atoms in total. The third-order valence-corrected chi connectivity index (χ3v) is 3.05. The van der Waals surface area contributed by atoms with E-state index in [4.69, 9.17) is 0 Å². The molecule has 1 aromatic carbocycles. The zero-order valence-electron chi connectivity index (χ0n) is 11.1. The average Bonchev–Trinajstić information content (AvgIpc) is 2.51. The topological polar surface area (TPSA) is 32.9 Å². The Hall–Kier alpha value is -1.57. The lowest BCUT2D eigenvalue weighted by Crippen LogP contribution is -2.20. The highest BCUT2D eigenvalue weighted by molar-refractivity contribution is 6.11. The van der Waals surface area contributed by atoms with Gasteiger partial charge in [-0.3, -0.25) is 4.79 Å². The zero-order chi connectivity index (χ0) is 12.8. The van der Waals surface area contributed by atoms with Crippen molar-refractivity contribution in [2.75, 3.05) is 0 Å². The quantitative estimate of drug-likeness (QED) is 0.736. The monoisotopic (exact) mass is 229 g/mol. The normalized spacial score (nSPS) is 12.1. The van der Waals surface area contributed by atoms with Crippen LogP contribution >= 0.6 is 0 Å². The molecule has 1 aromatic heterocycles. The second kappa shape index (κ2) is 3.73. The molecule has 0 aliphatic rings. The van der Waals surface area contributed by atoms with E-state index < -0.39 is 0 Å². The largest absolute Gasteiger partial charge is 0.358 e. The first-order chi connectivity index (χ1) is 7.80. The van der Waals surface area contributed by atoms with E-state index in [9.17, 15) is 4.79 Å². The van der Waals surface area contributed by atoms with Crippen LogP contribution in [0.2, 0.25) is 0 Å². The van der Waals surface area contributed by atoms with Crippen molar-refractivity contribution >= 4 is 16.7 Å². The fourth-order valence-corrected chi connectivity index (χ4v) is 2.11. The smallest absolute Gasteiger partial charge is 0.170 e. The van der Waals surface area contributed by atoms with E-state index in [-0.39, 0.29) is 11.2 Å². The lowest BCUT2D eigenvalue weighted by Gasteiger charge is -2.16. The number of carbonyl (C=O) groups excluding carboxylic acids is 1. The van der Waals surface area contributed by atoms with Crippen molar-refractivity contribution in [2.24, 2.45) is 5.41 Å². The first kappa shape index (κ1) is 11.9. The molecule has 0 atom stereocenters. The van der Waals surface area contributed by atoms with Gasteiger partial charge >= 0.3 is 0 Å². The maximum Gasteiger partial charge on any atom is 0.170 e. The van der Waals surface area contributed by atoms with Gasteiger partial charge in [0, 0.05) is 27.6 Å². The van der Waals surface area contributed by atoms with Gasteiger partial charge < -0.3 is 4.98 Å². The van der Waals surface area contributed by atoms with E-state index in [1.807, 2.05) is 40.7 Å². The maximum absolute atomic E-state index is 12.5. The van der Waals surface area contributed by atoms with Crippen molar-refractivity contribution in [1.82, 2.24) is 4.98 Å². The molecule has 90 valence electrons. The van der Waals surface area contributed by atoms with Gasteiger partial charge in [0.1, 0.15) is 0 Å². The second-order valence-corrected chi connectivity index (χ2v) is 5.75. The summed E-state index contributed by atoms with van der Waals surface area (Å²) in [6.07, 6.45) is 0. The molecular formula is C15H19NO. The molecule has 0 unspecified atom stereocenters. The van der Waals surface area contributed by atoms with Crippen molar-refractivity contribution in [3.8, 4) is 0 Å². The predicted molar refractivity (Wildman–Crippen MR) is 71.6 cm³/mol. The Morgan fingerprint density at radius 2 is 1.82 bits per heavy atom. The van der Waals surface area contributed by atoms with Gasteiger partial charge in [-0.1, -0.05) is 32.4 Å². The molecule has 0 fully saturated rings. The number of rotatable bonds is 1. The van der Waals surface area contributed by atoms with Crippen molar-refractivity contribution in [3.05, 3.63) is 35.0 Å². The molecule has 0 saturated carbocycles. The third-order valence-electron chi connectivity index (χ3n) is 3.05. The summed E-state index contributed by atoms with van der Waals surface area (Å²) < 4.78 is 0. The SMILES string of the molecule is Cc1ccc2[nH]c(C)c(C(=O)C(C)(C)C)c2c1. The first-order valence-electron chi connectivity index (χ1n) is 5.94. The summed E-state index contributed by atoms with van der Waals surface area (Å²) in [5, 5.41) is 1.04. The van der Waals surface area contributed by atoms with Crippen LogP contribution in [0.25, 0.3) is 10.9 Å². The average molecular weight is 229 g/mol. The Labute approximate surface area is 102 Å². The van der Waals surface area contributed by atoms with Crippen LogP contribution in [-0.4, -0.2) is 10.8 Å². The Balaban J connectivity index is 2.72. The molecule has 2 heteroatoms. The highest BCUT2D eigenvalue weighted by atomic mass is 16.1. The van der Waals surface area contributed by atoms with Gasteiger partial charge in [0.2, 0.25) is 0 Å². The molecule has 0 amide bonds. The number of aromatic nitrogens is 1. The van der Waals surface area contributed by atoms with Gasteiger partial charge in [0.15, 0.2) is 5.78 Å². The van der Waals surface area contributed by atoms with Gasteiger partial charge in [-0.05, 0) is 26.0 Å². The number of aryl methyl sites for hydroxylation is 2. The van der Waals surface area contributed by atoms with Crippen molar-refractivity contribution in [1.29, 1.82) is 0 Å². The Kier molecular flexibility index (Phi) is 2.61. The number of benzene rings is 1. The van der Waals surface area contributed by atoms with Crippen LogP contribution in [0.5, 0.6) is 0 Å². The fraction of sp³-hybridized carbons (Fsp3) is 0.400. The molecule has 1 heterocycles. The highest BCUT2D eigenvalue weighted by Gasteiger charge is 2.27. The third kappa shape index (κ3) is 1.99. The van der Waals surface area contributed by atoms with Crippen LogP contribution in [0.4, 0.5) is 0 Å². The van der Waals surface area contributed by atoms with Crippen LogP contribution in [0.15, 0.2) is 18.2 Å². The molecule has 0 radical (unpaired) electrons. The first-order valence-corrected chi connectivity index (χ1v) is 5.94. The summed E-state index contributed by atoms with van der Waals surface area (Å²) in [4.78, 5) is 15.7. The summed E-state index contributed by atoms with van der Waals surface area (Å²) in [5.41, 5.74) is 3.69. The number of hydrogen-bond acceptors (Lipinski definition) is 1. The molecule has 1 N–H and O–H groups in total. The number of aromatic amines is 1. The molecule has 0 aliphatic carbocycles. The Morgan fingerprint density at radius 1 is 1.18 bits per heavy atom. The minimum Gasteiger partial charge on any atom is -0.358 e. The molecular weight excluding hydrogens is 210 g/mol. The number of carbonyl (C=O) groups is 1. The number of ketones is 1. The minimum absolute atomic E-state index is 0.201. The standard InChI is InChI=1S/C15H19NO/c1-9-6-7-12-11(8-9)13(10(2)16-12)14(17)15(3,4)5/h6-8,16H,1-5H3. The van der Waals surface area contributed by atoms with Crippen molar-refractivity contribution in [2.45, 2.75) is 34.6 Å². The lowest BCUT2D eigenvalue weighted by molar-refractivity contribution is 0.0859. The number of H-pyrrole nitrogens is 1. The summed E-state index contributed by atoms with van der Waals surface area (Å²) in [6.45, 7) is 9.90. The molecule has 17 heavy (non-hydrogen) atoms. The fourth-order valence-electron chi connectivity index (χ4n) is 2.11. The van der Waals surface area contributed by atoms with E-state index in [1.165, 1.54) is 5.56 Å². The van der Waals surface area contributed by atoms with Crippen molar-refractivity contribution < 1.29 is 4.79 Å². The number of Topliss-reactive ketones (excluding diaryl/α,β-unsaturated/α-hetero) is 1. The molecule has 0 aliphatic heterocycles. The van der Waals surface area contributed by atoms with Gasteiger partial charge in [-0.25, -0.2) is 0 Å². The summed E-state index contributed by atoms with van der Waals surface area (Å²) in [6, 6.07) is 6.18. The molecule has 0 saturated heterocycles. The van der Waals surface area contributed by atoms with E-state index in [2.05, 4.69) is 17.1 Å². The van der Waals surface area contributed by atoms with Gasteiger partial charge in [-0.15, -0.1) is 0 Å². The number of nitrogens with one attached hydrogen (secondary N) is 1. The Morgan fingerprint density at radius 3 is 2.41 bits per heavy atom. The summed E-state index contributed by atoms with van der Waals surface area (Å²) in [7, 11) is 0. The van der Waals surface area contributed by atoms with Gasteiger partial charge in [0.25, 0.3) is 0 Å². The van der Waals surface area contributed by atoms with Crippen LogP contribution < -0.4 is 0 Å². The van der Waals surface area contributed by atoms with Crippen LogP contribution in [0.3, 0.4) is 0 Å². The van der Waals surface area contributed by atoms with Gasteiger partial charge in [0.05, 0.1) is 0 Å². The second-order valence-electron chi connectivity index (χ2n) is 5.75. The molecule has 2 rings (SSSR count). The summed E-state index contributed by atoms with van der Waals surface area (Å²) >= 11 is 0. The van der Waals surface area contributed by atoms with E-state index in [0.29, 0.717) is 0 Å². The predicted octanol–water partition coefficient (Wildman–Crippen LogP) is 4.01. The minimum atomic E-state index is -0.344. The van der Waals surface area contributed by atoms with E-state index in [1.54, 1.807) is 0 Å². The molecule has 2 aromatic rings. The Bertz CT molecular complexity index is 585. The van der Waals surface area contributed by atoms with Gasteiger partial charge in [-0.2, -0.15) is 0 Å². The van der Waals surface area contributed by atoms with Crippen LogP contribution in [0.1, 0.15) is 42.4 Å². The molecule has 0 bridgehead atoms. The van der Waals surface area contributed by atoms with Crippen LogP contribution in [-0.2, 0) is 0 Å². The lowest BCUT2D eigenvalue weighted by atomic mass is 9.85. The van der Waals surface area contributed by atoms with E-state index in [0.717, 1.165) is 22.2 Å².